The number of hydrogen-bond acceptors (Lipinski definition) is 2. The zero-order chi connectivity index (χ0) is 19.3. The van der Waals surface area contributed by atoms with Gasteiger partial charge in [0, 0.05) is 22.5 Å². The second-order valence-corrected chi connectivity index (χ2v) is 7.14. The van der Waals surface area contributed by atoms with E-state index in [1.165, 1.54) is 11.6 Å². The number of aryl methyl sites for hydroxylation is 1. The van der Waals surface area contributed by atoms with Gasteiger partial charge < -0.3 is 0 Å². The van der Waals surface area contributed by atoms with Crippen molar-refractivity contribution in [2.75, 3.05) is 0 Å². The van der Waals surface area contributed by atoms with Crippen molar-refractivity contribution < 1.29 is 4.39 Å². The van der Waals surface area contributed by atoms with Crippen molar-refractivity contribution in [3.8, 4) is 16.9 Å². The molecule has 2 heterocycles. The van der Waals surface area contributed by atoms with Gasteiger partial charge in [-0.3, -0.25) is 4.98 Å². The summed E-state index contributed by atoms with van der Waals surface area (Å²) in [5.74, 6) is -0.358. The Labute approximate surface area is 166 Å². The average Bonchev–Trinajstić information content (AvgIpc) is 3.09. The molecule has 5 rings (SSSR count). The molecule has 5 aromatic rings. The lowest BCUT2D eigenvalue weighted by Gasteiger charge is -2.07. The van der Waals surface area contributed by atoms with Gasteiger partial charge in [0.05, 0.1) is 16.2 Å². The standard InChI is InChI=1S/C23H15ClFN3/c1-14-9-11-15(12-10-14)21-17-13-26-22-16(5-4-7-19(22)25)23(17)28(27-21)20-8-3-2-6-18(20)24/h2-13H,1H3. The molecule has 0 N–H and O–H groups in total. The third-order valence-corrected chi connectivity index (χ3v) is 5.21. The third kappa shape index (κ3) is 2.57. The van der Waals surface area contributed by atoms with E-state index in [1.54, 1.807) is 16.9 Å². The van der Waals surface area contributed by atoms with Gasteiger partial charge >= 0.3 is 0 Å². The van der Waals surface area contributed by atoms with Gasteiger partial charge in [-0.05, 0) is 25.1 Å². The van der Waals surface area contributed by atoms with E-state index in [9.17, 15) is 4.39 Å². The first-order valence-corrected chi connectivity index (χ1v) is 9.29. The molecule has 0 spiro atoms. The van der Waals surface area contributed by atoms with E-state index in [2.05, 4.69) is 4.98 Å². The molecule has 0 saturated carbocycles. The minimum atomic E-state index is -0.358. The molecule has 0 saturated heterocycles. The number of rotatable bonds is 2. The van der Waals surface area contributed by atoms with Crippen LogP contribution in [0.15, 0.2) is 72.9 Å². The summed E-state index contributed by atoms with van der Waals surface area (Å²) >= 11 is 6.47. The van der Waals surface area contributed by atoms with Gasteiger partial charge in [0.25, 0.3) is 0 Å². The van der Waals surface area contributed by atoms with Crippen LogP contribution in [-0.4, -0.2) is 14.8 Å². The van der Waals surface area contributed by atoms with E-state index >= 15 is 0 Å². The number of fused-ring (bicyclic) bond motifs is 3. The zero-order valence-electron chi connectivity index (χ0n) is 15.0. The minimum Gasteiger partial charge on any atom is -0.252 e. The van der Waals surface area contributed by atoms with E-state index in [4.69, 9.17) is 16.7 Å². The van der Waals surface area contributed by atoms with Crippen molar-refractivity contribution in [1.82, 2.24) is 14.8 Å². The number of halogens is 2. The first-order valence-electron chi connectivity index (χ1n) is 8.91. The molecule has 0 aliphatic heterocycles. The highest BCUT2D eigenvalue weighted by atomic mass is 35.5. The van der Waals surface area contributed by atoms with Crippen molar-refractivity contribution in [2.45, 2.75) is 6.92 Å². The number of para-hydroxylation sites is 2. The van der Waals surface area contributed by atoms with Crippen molar-refractivity contribution in [3.05, 3.63) is 89.3 Å². The van der Waals surface area contributed by atoms with Gasteiger partial charge in [-0.15, -0.1) is 0 Å². The fourth-order valence-electron chi connectivity index (χ4n) is 3.50. The molecule has 0 bridgehead atoms. The number of hydrogen-bond donors (Lipinski definition) is 0. The first kappa shape index (κ1) is 16.9. The molecule has 0 radical (unpaired) electrons. The monoisotopic (exact) mass is 387 g/mol. The molecule has 3 aromatic carbocycles. The predicted octanol–water partition coefficient (Wildman–Crippen LogP) is 6.34. The topological polar surface area (TPSA) is 30.7 Å². The minimum absolute atomic E-state index is 0.318. The molecule has 0 fully saturated rings. The van der Waals surface area contributed by atoms with Crippen LogP contribution < -0.4 is 0 Å². The quantitative estimate of drug-likeness (QED) is 0.353. The number of aromatic nitrogens is 3. The second-order valence-electron chi connectivity index (χ2n) is 6.73. The highest BCUT2D eigenvalue weighted by molar-refractivity contribution is 6.32. The molecule has 0 unspecified atom stereocenters. The van der Waals surface area contributed by atoms with Crippen LogP contribution in [0.4, 0.5) is 4.39 Å². The predicted molar refractivity (Wildman–Crippen MR) is 112 cm³/mol. The molecular formula is C23H15ClFN3. The maximum absolute atomic E-state index is 14.4. The summed E-state index contributed by atoms with van der Waals surface area (Å²) in [6.45, 7) is 2.04. The SMILES string of the molecule is Cc1ccc(-c2nn(-c3ccccc3Cl)c3c2cnc2c(F)cccc23)cc1. The largest absolute Gasteiger partial charge is 0.252 e. The molecule has 28 heavy (non-hydrogen) atoms. The molecule has 0 atom stereocenters. The Balaban J connectivity index is 1.94. The number of benzene rings is 3. The van der Waals surface area contributed by atoms with Crippen LogP contribution in [-0.2, 0) is 0 Å². The van der Waals surface area contributed by atoms with Crippen LogP contribution in [0.1, 0.15) is 5.56 Å². The van der Waals surface area contributed by atoms with E-state index in [0.717, 1.165) is 27.8 Å². The van der Waals surface area contributed by atoms with Gasteiger partial charge in [-0.25, -0.2) is 9.07 Å². The van der Waals surface area contributed by atoms with Crippen LogP contribution in [0.5, 0.6) is 0 Å². The average molecular weight is 388 g/mol. The summed E-state index contributed by atoms with van der Waals surface area (Å²) in [5, 5.41) is 6.99. The van der Waals surface area contributed by atoms with Gasteiger partial charge in [-0.2, -0.15) is 5.10 Å². The highest BCUT2D eigenvalue weighted by Crippen LogP contribution is 2.35. The van der Waals surface area contributed by atoms with Gasteiger partial charge in [-0.1, -0.05) is 65.7 Å². The summed E-state index contributed by atoms with van der Waals surface area (Å²) in [4.78, 5) is 4.38. The normalized spacial score (nSPS) is 11.4. The Morgan fingerprint density at radius 3 is 2.46 bits per heavy atom. The van der Waals surface area contributed by atoms with Crippen LogP contribution in [0, 0.1) is 12.7 Å². The van der Waals surface area contributed by atoms with Crippen LogP contribution in [0.3, 0.4) is 0 Å². The van der Waals surface area contributed by atoms with Crippen LogP contribution in [0.25, 0.3) is 38.8 Å². The molecule has 0 amide bonds. The van der Waals surface area contributed by atoms with Crippen molar-refractivity contribution >= 4 is 33.4 Å². The fraction of sp³-hybridized carbons (Fsp3) is 0.0435. The maximum Gasteiger partial charge on any atom is 0.149 e. The molecule has 5 heteroatoms. The van der Waals surface area contributed by atoms with Gasteiger partial charge in [0.2, 0.25) is 0 Å². The Bertz CT molecular complexity index is 1340. The summed E-state index contributed by atoms with van der Waals surface area (Å²) in [6, 6.07) is 20.6. The van der Waals surface area contributed by atoms with Gasteiger partial charge in [0.1, 0.15) is 17.0 Å². The zero-order valence-corrected chi connectivity index (χ0v) is 15.8. The van der Waals surface area contributed by atoms with Gasteiger partial charge in [0.15, 0.2) is 0 Å². The molecule has 0 aliphatic carbocycles. The summed E-state index contributed by atoms with van der Waals surface area (Å²) < 4.78 is 16.2. The summed E-state index contributed by atoms with van der Waals surface area (Å²) in [6.07, 6.45) is 1.69. The lowest BCUT2D eigenvalue weighted by atomic mass is 10.1. The van der Waals surface area contributed by atoms with E-state index in [0.29, 0.717) is 15.9 Å². The highest BCUT2D eigenvalue weighted by Gasteiger charge is 2.19. The number of nitrogens with zero attached hydrogens (tertiary/aromatic N) is 3. The second kappa shape index (κ2) is 6.43. The van der Waals surface area contributed by atoms with Crippen molar-refractivity contribution in [3.63, 3.8) is 0 Å². The molecule has 3 nitrogen and oxygen atoms in total. The molecule has 136 valence electrons. The smallest absolute Gasteiger partial charge is 0.149 e. The molecule has 2 aromatic heterocycles. The number of pyridine rings is 1. The van der Waals surface area contributed by atoms with Crippen molar-refractivity contribution in [1.29, 1.82) is 0 Å². The van der Waals surface area contributed by atoms with E-state index < -0.39 is 0 Å². The Kier molecular flexibility index (Phi) is 3.88. The Morgan fingerprint density at radius 1 is 0.893 bits per heavy atom. The first-order chi connectivity index (χ1) is 13.6. The summed E-state index contributed by atoms with van der Waals surface area (Å²) in [7, 11) is 0. The lowest BCUT2D eigenvalue weighted by Crippen LogP contribution is -1.98. The lowest BCUT2D eigenvalue weighted by molar-refractivity contribution is 0.637. The Morgan fingerprint density at radius 2 is 1.68 bits per heavy atom. The fourth-order valence-corrected chi connectivity index (χ4v) is 3.72. The maximum atomic E-state index is 14.4. The third-order valence-electron chi connectivity index (χ3n) is 4.89. The molecule has 0 aliphatic rings. The van der Waals surface area contributed by atoms with E-state index in [-0.39, 0.29) is 5.82 Å². The molecular weight excluding hydrogens is 373 g/mol. The van der Waals surface area contributed by atoms with Crippen LogP contribution in [0.2, 0.25) is 5.02 Å². The van der Waals surface area contributed by atoms with E-state index in [1.807, 2.05) is 61.5 Å². The summed E-state index contributed by atoms with van der Waals surface area (Å²) in [5.41, 5.74) is 4.77. The van der Waals surface area contributed by atoms with Crippen molar-refractivity contribution in [2.24, 2.45) is 0 Å². The Hall–Kier alpha value is -3.24. The van der Waals surface area contributed by atoms with Crippen LogP contribution >= 0.6 is 11.6 Å².